The van der Waals surface area contributed by atoms with E-state index in [0.29, 0.717) is 0 Å². The van der Waals surface area contributed by atoms with Gasteiger partial charge >= 0.3 is 0 Å². The number of benzene rings is 10. The molecule has 0 aliphatic heterocycles. The molecule has 0 amide bonds. The topological polar surface area (TPSA) is 32.8 Å². The first-order valence-corrected chi connectivity index (χ1v) is 24.0. The fourth-order valence-electron chi connectivity index (χ4n) is 10.4. The Hall–Kier alpha value is -9.12. The van der Waals surface area contributed by atoms with Gasteiger partial charge in [-0.1, -0.05) is 176 Å². The van der Waals surface area contributed by atoms with Gasteiger partial charge in [0.2, 0.25) is 0 Å². The maximum Gasteiger partial charge on any atom is 0.143 e. The van der Waals surface area contributed by atoms with Gasteiger partial charge in [-0.2, -0.15) is 0 Å². The lowest BCUT2D eigenvalue weighted by atomic mass is 9.85. The summed E-state index contributed by atoms with van der Waals surface area (Å²) in [5, 5.41) is 4.54. The highest BCUT2D eigenvalue weighted by molar-refractivity contribution is 6.10. The number of nitrogens with zero attached hydrogens (tertiary/aromatic N) is 2. The zero-order valence-corrected chi connectivity index (χ0v) is 38.3. The number of furan rings is 2. The molecule has 0 saturated heterocycles. The Balaban J connectivity index is 0.791. The lowest BCUT2D eigenvalue weighted by molar-refractivity contribution is 0.669. The standard InChI is InChI=1S/C66H46N2O2/c1-3-20-51(21-4-1)67(53-38-34-45(35-39-53)57-28-14-30-61-59-26-7-9-32-63(59)69-65(57)61)55-24-12-18-49(43-55)47-16-11-17-48(42-47)50-19-13-25-56(44-50)68(52-22-5-2-6-23-52)54-40-36-46(37-41-54)58-29-15-31-62-60-27-8-10-33-64(60)70-66(58)62/h1-41,43-44,47H,42H2. The van der Waals surface area contributed by atoms with Gasteiger partial charge in [0.05, 0.1) is 0 Å². The van der Waals surface area contributed by atoms with Crippen molar-refractivity contribution < 1.29 is 8.83 Å². The van der Waals surface area contributed by atoms with E-state index in [1.807, 2.05) is 24.3 Å². The number of para-hydroxylation sites is 6. The molecule has 4 heteroatoms. The Morgan fingerprint density at radius 3 is 1.34 bits per heavy atom. The predicted octanol–water partition coefficient (Wildman–Crippen LogP) is 18.9. The van der Waals surface area contributed by atoms with E-state index in [9.17, 15) is 0 Å². The summed E-state index contributed by atoms with van der Waals surface area (Å²) in [4.78, 5) is 4.70. The van der Waals surface area contributed by atoms with E-state index < -0.39 is 0 Å². The maximum absolute atomic E-state index is 6.42. The van der Waals surface area contributed by atoms with Crippen LogP contribution in [-0.2, 0) is 0 Å². The zero-order chi connectivity index (χ0) is 46.4. The van der Waals surface area contributed by atoms with Crippen LogP contribution < -0.4 is 9.80 Å². The van der Waals surface area contributed by atoms with E-state index >= 15 is 0 Å². The number of allylic oxidation sites excluding steroid dienone is 4. The fraction of sp³-hybridized carbons (Fsp3) is 0.0303. The van der Waals surface area contributed by atoms with Crippen LogP contribution in [0.4, 0.5) is 34.1 Å². The van der Waals surface area contributed by atoms with Gasteiger partial charge in [0.15, 0.2) is 0 Å². The number of fused-ring (bicyclic) bond motifs is 6. The van der Waals surface area contributed by atoms with Crippen molar-refractivity contribution in [3.8, 4) is 22.3 Å². The second-order valence-electron chi connectivity index (χ2n) is 18.0. The molecule has 12 aromatic rings. The summed E-state index contributed by atoms with van der Waals surface area (Å²) in [6.45, 7) is 0. The third-order valence-electron chi connectivity index (χ3n) is 13.8. The van der Waals surface area contributed by atoms with E-state index in [0.717, 1.165) is 107 Å². The normalized spacial score (nSPS) is 13.5. The molecule has 332 valence electrons. The van der Waals surface area contributed by atoms with Crippen molar-refractivity contribution in [3.63, 3.8) is 0 Å². The molecule has 13 rings (SSSR count). The summed E-state index contributed by atoms with van der Waals surface area (Å²) in [5.41, 5.74) is 18.4. The maximum atomic E-state index is 6.42. The second kappa shape index (κ2) is 17.5. The van der Waals surface area contributed by atoms with Crippen LogP contribution in [-0.4, -0.2) is 0 Å². The molecule has 0 fully saturated rings. The monoisotopic (exact) mass is 898 g/mol. The highest BCUT2D eigenvalue weighted by Gasteiger charge is 2.21. The summed E-state index contributed by atoms with van der Waals surface area (Å²) in [6.07, 6.45) is 7.74. The number of hydrogen-bond donors (Lipinski definition) is 0. The van der Waals surface area contributed by atoms with E-state index in [1.165, 1.54) is 16.7 Å². The van der Waals surface area contributed by atoms with Crippen LogP contribution in [0.2, 0.25) is 0 Å². The van der Waals surface area contributed by atoms with Crippen molar-refractivity contribution in [1.82, 2.24) is 0 Å². The number of anilines is 6. The van der Waals surface area contributed by atoms with E-state index in [1.54, 1.807) is 0 Å². The second-order valence-corrected chi connectivity index (χ2v) is 18.0. The minimum absolute atomic E-state index is 0.196. The lowest BCUT2D eigenvalue weighted by Crippen LogP contribution is -2.11. The smallest absolute Gasteiger partial charge is 0.143 e. The first-order valence-electron chi connectivity index (χ1n) is 24.0. The van der Waals surface area contributed by atoms with Crippen LogP contribution in [0.25, 0.3) is 71.7 Å². The minimum atomic E-state index is 0.196. The van der Waals surface area contributed by atoms with Crippen molar-refractivity contribution in [2.24, 2.45) is 0 Å². The van der Waals surface area contributed by atoms with Crippen LogP contribution in [0.3, 0.4) is 0 Å². The third-order valence-corrected chi connectivity index (χ3v) is 13.8. The molecule has 0 radical (unpaired) electrons. The Morgan fingerprint density at radius 1 is 0.343 bits per heavy atom. The molecule has 1 unspecified atom stereocenters. The third kappa shape index (κ3) is 7.44. The van der Waals surface area contributed by atoms with E-state index in [4.69, 9.17) is 8.83 Å². The summed E-state index contributed by atoms with van der Waals surface area (Å²) in [7, 11) is 0. The quantitative estimate of drug-likeness (QED) is 0.137. The predicted molar refractivity (Wildman–Crippen MR) is 292 cm³/mol. The number of hydrogen-bond acceptors (Lipinski definition) is 4. The fourth-order valence-corrected chi connectivity index (χ4v) is 10.4. The van der Waals surface area contributed by atoms with Gasteiger partial charge in [-0.05, 0) is 119 Å². The molecule has 0 N–H and O–H groups in total. The van der Waals surface area contributed by atoms with Crippen molar-refractivity contribution in [3.05, 3.63) is 272 Å². The molecule has 1 atom stereocenters. The summed E-state index contributed by atoms with van der Waals surface area (Å²) in [6, 6.07) is 86.4. The van der Waals surface area contributed by atoms with Crippen molar-refractivity contribution >= 4 is 83.6 Å². The summed E-state index contributed by atoms with van der Waals surface area (Å²) in [5.74, 6) is 0.196. The average Bonchev–Trinajstić information content (AvgIpc) is 4.02. The molecule has 70 heavy (non-hydrogen) atoms. The molecule has 1 aliphatic rings. The van der Waals surface area contributed by atoms with Crippen LogP contribution in [0.1, 0.15) is 23.5 Å². The van der Waals surface area contributed by atoms with Crippen LogP contribution in [0.15, 0.2) is 270 Å². The molecule has 0 spiro atoms. The Bertz CT molecular complexity index is 3920. The molecular weight excluding hydrogens is 853 g/mol. The molecular formula is C66H46N2O2. The number of rotatable bonds is 10. The van der Waals surface area contributed by atoms with Gasteiger partial charge in [-0.3, -0.25) is 0 Å². The molecule has 1 aliphatic carbocycles. The molecule has 0 bridgehead atoms. The van der Waals surface area contributed by atoms with Crippen LogP contribution in [0, 0.1) is 0 Å². The first kappa shape index (κ1) is 41.1. The van der Waals surface area contributed by atoms with Crippen LogP contribution >= 0.6 is 0 Å². The SMILES string of the molecule is C1=CC(c2cccc(N(c3ccccc3)c3ccc(-c4cccc5c4oc4ccccc45)cc3)c2)CC(c2cccc(N(c3ccccc3)c3ccc(-c4cccc5c4oc4ccccc45)cc3)c2)=C1. The lowest BCUT2D eigenvalue weighted by Gasteiger charge is -2.28. The van der Waals surface area contributed by atoms with Crippen molar-refractivity contribution in [2.45, 2.75) is 12.3 Å². The zero-order valence-electron chi connectivity index (χ0n) is 38.3. The molecule has 10 aromatic carbocycles. The van der Waals surface area contributed by atoms with Gasteiger partial charge in [-0.15, -0.1) is 0 Å². The van der Waals surface area contributed by atoms with Gasteiger partial charge in [-0.25, -0.2) is 0 Å². The Kier molecular flexibility index (Phi) is 10.3. The van der Waals surface area contributed by atoms with Gasteiger partial charge < -0.3 is 18.6 Å². The van der Waals surface area contributed by atoms with Crippen LogP contribution in [0.5, 0.6) is 0 Å². The van der Waals surface area contributed by atoms with E-state index in [2.05, 4.69) is 246 Å². The molecule has 0 saturated carbocycles. The van der Waals surface area contributed by atoms with E-state index in [-0.39, 0.29) is 5.92 Å². The first-order chi connectivity index (χ1) is 34.7. The largest absolute Gasteiger partial charge is 0.455 e. The van der Waals surface area contributed by atoms with Crippen molar-refractivity contribution in [1.29, 1.82) is 0 Å². The Morgan fingerprint density at radius 2 is 0.786 bits per heavy atom. The summed E-state index contributed by atoms with van der Waals surface area (Å²) < 4.78 is 12.8. The average molecular weight is 899 g/mol. The highest BCUT2D eigenvalue weighted by atomic mass is 16.3. The minimum Gasteiger partial charge on any atom is -0.455 e. The summed E-state index contributed by atoms with van der Waals surface area (Å²) >= 11 is 0. The van der Waals surface area contributed by atoms with Gasteiger partial charge in [0.25, 0.3) is 0 Å². The van der Waals surface area contributed by atoms with Gasteiger partial charge in [0, 0.05) is 72.7 Å². The molecule has 2 heterocycles. The van der Waals surface area contributed by atoms with Gasteiger partial charge in [0.1, 0.15) is 22.3 Å². The Labute approximate surface area is 406 Å². The molecule has 2 aromatic heterocycles. The van der Waals surface area contributed by atoms with Crippen molar-refractivity contribution in [2.75, 3.05) is 9.80 Å². The highest BCUT2D eigenvalue weighted by Crippen LogP contribution is 2.44. The molecule has 4 nitrogen and oxygen atoms in total.